The standard InChI is InChI=1S/C12H16F3N/c1-3-16-8(2)4-5-9-6-7-10(13)12(15)11(9)14/h6-8,16H,3-5H2,1-2H3. The Kier molecular flexibility index (Phi) is 4.80. The van der Waals surface area contributed by atoms with Gasteiger partial charge in [-0.2, -0.15) is 0 Å². The summed E-state index contributed by atoms with van der Waals surface area (Å²) >= 11 is 0. The molecule has 90 valence electrons. The number of hydrogen-bond acceptors (Lipinski definition) is 1. The number of aryl methyl sites for hydroxylation is 1. The molecule has 0 aromatic heterocycles. The lowest BCUT2D eigenvalue weighted by Gasteiger charge is -2.12. The van der Waals surface area contributed by atoms with E-state index in [-0.39, 0.29) is 11.6 Å². The molecule has 0 aliphatic heterocycles. The first-order chi connectivity index (χ1) is 7.56. The fourth-order valence-corrected chi connectivity index (χ4v) is 1.58. The molecule has 0 saturated heterocycles. The highest BCUT2D eigenvalue weighted by atomic mass is 19.2. The minimum absolute atomic E-state index is 0.226. The van der Waals surface area contributed by atoms with Gasteiger partial charge in [0.25, 0.3) is 0 Å². The van der Waals surface area contributed by atoms with Crippen LogP contribution in [0.4, 0.5) is 13.2 Å². The van der Waals surface area contributed by atoms with Crippen molar-refractivity contribution in [2.24, 2.45) is 0 Å². The van der Waals surface area contributed by atoms with Crippen molar-refractivity contribution in [2.45, 2.75) is 32.7 Å². The van der Waals surface area contributed by atoms with E-state index in [9.17, 15) is 13.2 Å². The van der Waals surface area contributed by atoms with Crippen molar-refractivity contribution in [3.05, 3.63) is 35.1 Å². The predicted molar refractivity (Wildman–Crippen MR) is 57.8 cm³/mol. The summed E-state index contributed by atoms with van der Waals surface area (Å²) in [7, 11) is 0. The Labute approximate surface area is 93.7 Å². The lowest BCUT2D eigenvalue weighted by Crippen LogP contribution is -2.26. The van der Waals surface area contributed by atoms with Gasteiger partial charge >= 0.3 is 0 Å². The van der Waals surface area contributed by atoms with E-state index in [2.05, 4.69) is 5.32 Å². The number of benzene rings is 1. The summed E-state index contributed by atoms with van der Waals surface area (Å²) in [6.45, 7) is 4.79. The number of rotatable bonds is 5. The molecule has 0 amide bonds. The van der Waals surface area contributed by atoms with Gasteiger partial charge in [-0.1, -0.05) is 13.0 Å². The average Bonchev–Trinajstić information content (AvgIpc) is 2.25. The summed E-state index contributed by atoms with van der Waals surface area (Å²) < 4.78 is 38.8. The largest absolute Gasteiger partial charge is 0.315 e. The van der Waals surface area contributed by atoms with Crippen LogP contribution in [-0.4, -0.2) is 12.6 Å². The highest BCUT2D eigenvalue weighted by molar-refractivity contribution is 5.20. The van der Waals surface area contributed by atoms with Gasteiger partial charge in [0.15, 0.2) is 17.5 Å². The lowest BCUT2D eigenvalue weighted by atomic mass is 10.1. The van der Waals surface area contributed by atoms with E-state index in [1.165, 1.54) is 6.07 Å². The minimum Gasteiger partial charge on any atom is -0.315 e. The molecule has 0 aliphatic carbocycles. The van der Waals surface area contributed by atoms with Gasteiger partial charge in [-0.05, 0) is 37.9 Å². The Bertz CT molecular complexity index is 352. The van der Waals surface area contributed by atoms with Crippen LogP contribution in [0, 0.1) is 17.5 Å². The number of hydrogen-bond donors (Lipinski definition) is 1. The molecule has 0 spiro atoms. The van der Waals surface area contributed by atoms with Crippen LogP contribution in [0.2, 0.25) is 0 Å². The quantitative estimate of drug-likeness (QED) is 0.768. The second-order valence-electron chi connectivity index (χ2n) is 3.83. The third kappa shape index (κ3) is 3.23. The summed E-state index contributed by atoms with van der Waals surface area (Å²) in [6, 6.07) is 2.50. The molecule has 1 atom stereocenters. The molecule has 0 fully saturated rings. The van der Waals surface area contributed by atoms with Crippen LogP contribution in [0.5, 0.6) is 0 Å². The third-order valence-corrected chi connectivity index (χ3v) is 2.51. The van der Waals surface area contributed by atoms with Gasteiger partial charge in [-0.15, -0.1) is 0 Å². The fourth-order valence-electron chi connectivity index (χ4n) is 1.58. The molecule has 0 heterocycles. The molecule has 1 N–H and O–H groups in total. The molecular weight excluding hydrogens is 215 g/mol. The minimum atomic E-state index is -1.38. The van der Waals surface area contributed by atoms with Crippen molar-refractivity contribution in [3.8, 4) is 0 Å². The van der Waals surface area contributed by atoms with E-state index in [1.807, 2.05) is 13.8 Å². The molecule has 0 aliphatic rings. The summed E-state index contributed by atoms with van der Waals surface area (Å²) in [5.41, 5.74) is 0.226. The molecule has 4 heteroatoms. The van der Waals surface area contributed by atoms with Crippen LogP contribution >= 0.6 is 0 Å². The van der Waals surface area contributed by atoms with E-state index >= 15 is 0 Å². The van der Waals surface area contributed by atoms with Gasteiger partial charge in [0.05, 0.1) is 0 Å². The molecule has 1 nitrogen and oxygen atoms in total. The molecule has 1 aromatic carbocycles. The zero-order valence-electron chi connectivity index (χ0n) is 9.49. The van der Waals surface area contributed by atoms with E-state index in [1.54, 1.807) is 0 Å². The van der Waals surface area contributed by atoms with Crippen LogP contribution in [0.15, 0.2) is 12.1 Å². The van der Waals surface area contributed by atoms with Crippen molar-refractivity contribution in [3.63, 3.8) is 0 Å². The first kappa shape index (κ1) is 13.0. The molecule has 1 rings (SSSR count). The number of nitrogens with one attached hydrogen (secondary N) is 1. The zero-order chi connectivity index (χ0) is 12.1. The van der Waals surface area contributed by atoms with E-state index in [0.717, 1.165) is 12.6 Å². The SMILES string of the molecule is CCNC(C)CCc1ccc(F)c(F)c1F. The van der Waals surface area contributed by atoms with Gasteiger partial charge in [0.1, 0.15) is 0 Å². The molecule has 0 radical (unpaired) electrons. The Balaban J connectivity index is 2.64. The number of halogens is 3. The predicted octanol–water partition coefficient (Wildman–Crippen LogP) is 3.03. The second-order valence-corrected chi connectivity index (χ2v) is 3.83. The van der Waals surface area contributed by atoms with Crippen molar-refractivity contribution in [1.82, 2.24) is 5.32 Å². The summed E-state index contributed by atoms with van der Waals surface area (Å²) in [5.74, 6) is -3.58. The smallest absolute Gasteiger partial charge is 0.194 e. The van der Waals surface area contributed by atoms with E-state index in [4.69, 9.17) is 0 Å². The maximum atomic E-state index is 13.3. The van der Waals surface area contributed by atoms with Crippen molar-refractivity contribution in [2.75, 3.05) is 6.54 Å². The highest BCUT2D eigenvalue weighted by Crippen LogP contribution is 2.16. The lowest BCUT2D eigenvalue weighted by molar-refractivity contribution is 0.437. The van der Waals surface area contributed by atoms with Gasteiger partial charge in [-0.25, -0.2) is 13.2 Å². The summed E-state index contributed by atoms with van der Waals surface area (Å²) in [5, 5.41) is 3.17. The van der Waals surface area contributed by atoms with Crippen LogP contribution in [0.3, 0.4) is 0 Å². The van der Waals surface area contributed by atoms with Crippen LogP contribution in [0.25, 0.3) is 0 Å². The van der Waals surface area contributed by atoms with Crippen LogP contribution in [0.1, 0.15) is 25.8 Å². The third-order valence-electron chi connectivity index (χ3n) is 2.51. The Morgan fingerprint density at radius 2 is 1.88 bits per heavy atom. The molecule has 0 saturated carbocycles. The maximum absolute atomic E-state index is 13.3. The molecule has 0 bridgehead atoms. The topological polar surface area (TPSA) is 12.0 Å². The van der Waals surface area contributed by atoms with Gasteiger partial charge < -0.3 is 5.32 Å². The van der Waals surface area contributed by atoms with Crippen LogP contribution in [-0.2, 0) is 6.42 Å². The van der Waals surface area contributed by atoms with Gasteiger partial charge in [-0.3, -0.25) is 0 Å². The fraction of sp³-hybridized carbons (Fsp3) is 0.500. The monoisotopic (exact) mass is 231 g/mol. The summed E-state index contributed by atoms with van der Waals surface area (Å²) in [6.07, 6.45) is 1.09. The zero-order valence-corrected chi connectivity index (χ0v) is 9.49. The first-order valence-electron chi connectivity index (χ1n) is 5.42. The van der Waals surface area contributed by atoms with Gasteiger partial charge in [0.2, 0.25) is 0 Å². The second kappa shape index (κ2) is 5.89. The van der Waals surface area contributed by atoms with Gasteiger partial charge in [0, 0.05) is 6.04 Å². The highest BCUT2D eigenvalue weighted by Gasteiger charge is 2.13. The van der Waals surface area contributed by atoms with E-state index in [0.29, 0.717) is 12.8 Å². The average molecular weight is 231 g/mol. The normalized spacial score (nSPS) is 12.8. The molecule has 1 aromatic rings. The molecule has 1 unspecified atom stereocenters. The van der Waals surface area contributed by atoms with E-state index < -0.39 is 17.5 Å². The maximum Gasteiger partial charge on any atom is 0.194 e. The van der Waals surface area contributed by atoms with Crippen molar-refractivity contribution < 1.29 is 13.2 Å². The van der Waals surface area contributed by atoms with Crippen LogP contribution < -0.4 is 5.32 Å². The van der Waals surface area contributed by atoms with Crippen molar-refractivity contribution >= 4 is 0 Å². The molecular formula is C12H16F3N. The Hall–Kier alpha value is -1.03. The van der Waals surface area contributed by atoms with Crippen molar-refractivity contribution in [1.29, 1.82) is 0 Å². The summed E-state index contributed by atoms with van der Waals surface area (Å²) in [4.78, 5) is 0. The first-order valence-corrected chi connectivity index (χ1v) is 5.42. The Morgan fingerprint density at radius 3 is 2.50 bits per heavy atom. The molecule has 16 heavy (non-hydrogen) atoms. The Morgan fingerprint density at radius 1 is 1.19 bits per heavy atom.